The Balaban J connectivity index is 2.43. The Hall–Kier alpha value is -0.0200. The van der Waals surface area contributed by atoms with Gasteiger partial charge in [-0.15, -0.1) is 11.3 Å². The lowest BCUT2D eigenvalue weighted by molar-refractivity contribution is 0.446. The third-order valence-electron chi connectivity index (χ3n) is 2.96. The first kappa shape index (κ1) is 14.4. The van der Waals surface area contributed by atoms with Crippen molar-refractivity contribution in [1.29, 1.82) is 0 Å². The Morgan fingerprint density at radius 3 is 2.83 bits per heavy atom. The molecular formula is C10H13BrN2O2S3. The van der Waals surface area contributed by atoms with Gasteiger partial charge in [-0.25, -0.2) is 8.42 Å². The molecule has 0 spiro atoms. The Bertz CT molecular complexity index is 582. The minimum absolute atomic E-state index is 0.253. The highest BCUT2D eigenvalue weighted by Gasteiger charge is 2.37. The molecule has 1 saturated heterocycles. The third-order valence-corrected chi connectivity index (χ3v) is 6.95. The average Bonchev–Trinajstić information content (AvgIpc) is 2.84. The number of thiophene rings is 1. The molecule has 2 rings (SSSR count). The molecule has 1 unspecified atom stereocenters. The third kappa shape index (κ3) is 2.49. The van der Waals surface area contributed by atoms with E-state index in [0.717, 1.165) is 15.1 Å². The molecule has 1 fully saturated rings. The number of rotatable bonds is 3. The van der Waals surface area contributed by atoms with Crippen LogP contribution in [0.3, 0.4) is 0 Å². The summed E-state index contributed by atoms with van der Waals surface area (Å²) in [5.41, 5.74) is 5.62. The first-order valence-corrected chi connectivity index (χ1v) is 8.87. The molecule has 18 heavy (non-hydrogen) atoms. The van der Waals surface area contributed by atoms with Gasteiger partial charge in [0.25, 0.3) is 0 Å². The molecule has 2 heterocycles. The number of hydrogen-bond acceptors (Lipinski definition) is 4. The van der Waals surface area contributed by atoms with Crippen LogP contribution >= 0.6 is 39.5 Å². The van der Waals surface area contributed by atoms with Crippen molar-refractivity contribution in [3.05, 3.63) is 14.7 Å². The lowest BCUT2D eigenvalue weighted by Gasteiger charge is -2.22. The molecule has 1 atom stereocenters. The molecule has 100 valence electrons. The molecule has 0 bridgehead atoms. The largest absolute Gasteiger partial charge is 0.392 e. The molecule has 0 aromatic carbocycles. The van der Waals surface area contributed by atoms with Crippen LogP contribution in [0.25, 0.3) is 0 Å². The summed E-state index contributed by atoms with van der Waals surface area (Å²) < 4.78 is 27.4. The van der Waals surface area contributed by atoms with E-state index in [-0.39, 0.29) is 11.0 Å². The average molecular weight is 369 g/mol. The first-order valence-electron chi connectivity index (χ1n) is 5.41. The predicted molar refractivity (Wildman–Crippen MR) is 80.5 cm³/mol. The van der Waals surface area contributed by atoms with Gasteiger partial charge in [0.05, 0.1) is 19.7 Å². The zero-order valence-corrected chi connectivity index (χ0v) is 13.8. The van der Waals surface area contributed by atoms with E-state index in [1.54, 1.807) is 13.0 Å². The molecule has 1 aromatic rings. The second-order valence-electron chi connectivity index (χ2n) is 4.15. The van der Waals surface area contributed by atoms with Crippen molar-refractivity contribution in [2.75, 3.05) is 6.54 Å². The van der Waals surface area contributed by atoms with Crippen LogP contribution in [0.2, 0.25) is 0 Å². The van der Waals surface area contributed by atoms with E-state index < -0.39 is 10.0 Å². The van der Waals surface area contributed by atoms with Crippen LogP contribution in [-0.4, -0.2) is 30.3 Å². The second-order valence-corrected chi connectivity index (χ2v) is 9.11. The summed E-state index contributed by atoms with van der Waals surface area (Å²) in [4.78, 5) is 1.38. The fourth-order valence-corrected chi connectivity index (χ4v) is 6.50. The highest BCUT2D eigenvalue weighted by Crippen LogP contribution is 2.34. The standard InChI is InChI=1S/C10H13BrN2O2S3/c1-6-8(5-9(11)17-6)18(14,15)13-4-2-3-7(13)10(12)16/h5,7H,2-4H2,1H3,(H2,12,16). The fraction of sp³-hybridized carbons (Fsp3) is 0.500. The molecule has 4 nitrogen and oxygen atoms in total. The number of sulfonamides is 1. The molecule has 0 amide bonds. The Morgan fingerprint density at radius 2 is 2.33 bits per heavy atom. The predicted octanol–water partition coefficient (Wildman–Crippen LogP) is 2.26. The van der Waals surface area contributed by atoms with Gasteiger partial charge in [0.15, 0.2) is 0 Å². The van der Waals surface area contributed by atoms with Gasteiger partial charge in [0, 0.05) is 11.4 Å². The van der Waals surface area contributed by atoms with Gasteiger partial charge in [-0.2, -0.15) is 4.31 Å². The van der Waals surface area contributed by atoms with Crippen molar-refractivity contribution in [3.63, 3.8) is 0 Å². The van der Waals surface area contributed by atoms with Gasteiger partial charge in [0.1, 0.15) is 0 Å². The maximum atomic E-state index is 12.6. The van der Waals surface area contributed by atoms with Crippen LogP contribution in [-0.2, 0) is 10.0 Å². The molecule has 8 heteroatoms. The number of thiocarbonyl (C=S) groups is 1. The summed E-state index contributed by atoms with van der Waals surface area (Å²) in [6.07, 6.45) is 1.50. The SMILES string of the molecule is Cc1sc(Br)cc1S(=O)(=O)N1CCCC1C(N)=S. The second kappa shape index (κ2) is 5.16. The Labute approximate surface area is 124 Å². The maximum Gasteiger partial charge on any atom is 0.244 e. The van der Waals surface area contributed by atoms with Crippen LogP contribution in [0.1, 0.15) is 17.7 Å². The summed E-state index contributed by atoms with van der Waals surface area (Å²) in [7, 11) is -3.50. The molecule has 0 radical (unpaired) electrons. The van der Waals surface area contributed by atoms with Crippen molar-refractivity contribution in [2.24, 2.45) is 5.73 Å². The lowest BCUT2D eigenvalue weighted by atomic mass is 10.2. The van der Waals surface area contributed by atoms with E-state index in [1.165, 1.54) is 15.6 Å². The minimum Gasteiger partial charge on any atom is -0.392 e. The molecule has 1 aliphatic rings. The summed E-state index contributed by atoms with van der Waals surface area (Å²) in [5.74, 6) is 0. The smallest absolute Gasteiger partial charge is 0.244 e. The number of nitrogens with zero attached hydrogens (tertiary/aromatic N) is 1. The normalized spacial score (nSPS) is 21.3. The Kier molecular flexibility index (Phi) is 4.13. The number of aryl methyl sites for hydroxylation is 1. The fourth-order valence-electron chi connectivity index (χ4n) is 2.13. The van der Waals surface area contributed by atoms with Crippen molar-refractivity contribution < 1.29 is 8.42 Å². The van der Waals surface area contributed by atoms with E-state index >= 15 is 0 Å². The molecule has 0 aliphatic carbocycles. The molecular weight excluding hydrogens is 356 g/mol. The van der Waals surface area contributed by atoms with E-state index in [9.17, 15) is 8.42 Å². The quantitative estimate of drug-likeness (QED) is 0.831. The first-order chi connectivity index (χ1) is 8.34. The zero-order valence-electron chi connectivity index (χ0n) is 9.72. The highest BCUT2D eigenvalue weighted by molar-refractivity contribution is 9.11. The van der Waals surface area contributed by atoms with Crippen LogP contribution in [0.15, 0.2) is 14.7 Å². The molecule has 1 aliphatic heterocycles. The van der Waals surface area contributed by atoms with Crippen molar-refractivity contribution in [3.8, 4) is 0 Å². The number of nitrogens with two attached hydrogens (primary N) is 1. The van der Waals surface area contributed by atoms with Crippen LogP contribution in [0.5, 0.6) is 0 Å². The molecule has 1 aromatic heterocycles. The zero-order chi connectivity index (χ0) is 13.5. The number of hydrogen-bond donors (Lipinski definition) is 1. The van der Waals surface area contributed by atoms with Crippen molar-refractivity contribution in [2.45, 2.75) is 30.7 Å². The number of halogens is 1. The lowest BCUT2D eigenvalue weighted by Crippen LogP contribution is -2.42. The van der Waals surface area contributed by atoms with Crippen LogP contribution in [0.4, 0.5) is 0 Å². The summed E-state index contributed by atoms with van der Waals surface area (Å²) in [5, 5.41) is 0. The van der Waals surface area contributed by atoms with Gasteiger partial charge >= 0.3 is 0 Å². The van der Waals surface area contributed by atoms with Gasteiger partial charge < -0.3 is 5.73 Å². The summed E-state index contributed by atoms with van der Waals surface area (Å²) >= 11 is 9.68. The van der Waals surface area contributed by atoms with Gasteiger partial charge in [-0.1, -0.05) is 12.2 Å². The van der Waals surface area contributed by atoms with E-state index in [0.29, 0.717) is 17.9 Å². The van der Waals surface area contributed by atoms with Gasteiger partial charge in [0.2, 0.25) is 10.0 Å². The van der Waals surface area contributed by atoms with E-state index in [1.807, 2.05) is 0 Å². The summed E-state index contributed by atoms with van der Waals surface area (Å²) in [6, 6.07) is 1.30. The van der Waals surface area contributed by atoms with E-state index in [4.69, 9.17) is 18.0 Å². The van der Waals surface area contributed by atoms with Gasteiger partial charge in [-0.3, -0.25) is 0 Å². The Morgan fingerprint density at radius 1 is 1.67 bits per heavy atom. The minimum atomic E-state index is -3.50. The van der Waals surface area contributed by atoms with Crippen LogP contribution < -0.4 is 5.73 Å². The van der Waals surface area contributed by atoms with E-state index in [2.05, 4.69) is 15.9 Å². The topological polar surface area (TPSA) is 63.4 Å². The monoisotopic (exact) mass is 368 g/mol. The van der Waals surface area contributed by atoms with Gasteiger partial charge in [-0.05, 0) is 41.8 Å². The summed E-state index contributed by atoms with van der Waals surface area (Å²) in [6.45, 7) is 2.28. The van der Waals surface area contributed by atoms with Crippen molar-refractivity contribution >= 4 is 54.5 Å². The molecule has 0 saturated carbocycles. The molecule has 2 N–H and O–H groups in total. The highest BCUT2D eigenvalue weighted by atomic mass is 79.9. The van der Waals surface area contributed by atoms with Crippen molar-refractivity contribution in [1.82, 2.24) is 4.31 Å². The van der Waals surface area contributed by atoms with Crippen LogP contribution in [0, 0.1) is 6.92 Å². The maximum absolute atomic E-state index is 12.6.